The number of piperidine rings is 1. The number of aromatic nitrogens is 4. The van der Waals surface area contributed by atoms with Crippen molar-refractivity contribution < 1.29 is 14.3 Å². The largest absolute Gasteiger partial charge is 0.378 e. The smallest absolute Gasteiger partial charge is 0.236 e. The minimum Gasteiger partial charge on any atom is -0.378 e. The molecule has 10 heteroatoms. The summed E-state index contributed by atoms with van der Waals surface area (Å²) in [5.74, 6) is -0.0520. The third kappa shape index (κ3) is 4.96. The first-order chi connectivity index (χ1) is 14.2. The van der Waals surface area contributed by atoms with Gasteiger partial charge in [-0.1, -0.05) is 6.07 Å². The van der Waals surface area contributed by atoms with Gasteiger partial charge in [-0.15, -0.1) is 5.10 Å². The zero-order chi connectivity index (χ0) is 20.1. The van der Waals surface area contributed by atoms with Gasteiger partial charge in [0.15, 0.2) is 0 Å². The van der Waals surface area contributed by atoms with Crippen LogP contribution in [-0.4, -0.2) is 87.8 Å². The Balaban J connectivity index is 1.33. The lowest BCUT2D eigenvalue weighted by atomic mass is 9.97. The van der Waals surface area contributed by atoms with Gasteiger partial charge in [0.05, 0.1) is 31.4 Å². The van der Waals surface area contributed by atoms with Gasteiger partial charge in [0.2, 0.25) is 11.8 Å². The van der Waals surface area contributed by atoms with Gasteiger partial charge >= 0.3 is 0 Å². The topological polar surface area (TPSA) is 105 Å². The summed E-state index contributed by atoms with van der Waals surface area (Å²) in [5.41, 5.74) is 1.47. The highest BCUT2D eigenvalue weighted by atomic mass is 16.5. The SMILES string of the molecule is O=C(Nc1cccc(-n2cnnn2)c1)[C@@H]1CCCN(CC(=O)N2CCOCC2)C1. The lowest BCUT2D eigenvalue weighted by Gasteiger charge is -2.34. The highest BCUT2D eigenvalue weighted by molar-refractivity contribution is 5.93. The number of carbonyl (C=O) groups is 2. The number of rotatable bonds is 5. The summed E-state index contributed by atoms with van der Waals surface area (Å²) in [6.45, 7) is 4.28. The average molecular weight is 399 g/mol. The van der Waals surface area contributed by atoms with Crippen molar-refractivity contribution in [3.05, 3.63) is 30.6 Å². The van der Waals surface area contributed by atoms with Gasteiger partial charge in [0.25, 0.3) is 0 Å². The number of hydrogen-bond acceptors (Lipinski definition) is 7. The number of tetrazole rings is 1. The first kappa shape index (κ1) is 19.5. The van der Waals surface area contributed by atoms with E-state index in [2.05, 4.69) is 25.7 Å². The number of carbonyl (C=O) groups excluding carboxylic acids is 2. The zero-order valence-electron chi connectivity index (χ0n) is 16.2. The van der Waals surface area contributed by atoms with Crippen molar-refractivity contribution in [2.75, 3.05) is 51.3 Å². The molecule has 154 valence electrons. The molecule has 2 aliphatic heterocycles. The number of amides is 2. The summed E-state index contributed by atoms with van der Waals surface area (Å²) in [4.78, 5) is 29.2. The number of anilines is 1. The van der Waals surface area contributed by atoms with Gasteiger partial charge in [0, 0.05) is 25.3 Å². The van der Waals surface area contributed by atoms with Crippen molar-refractivity contribution in [3.8, 4) is 5.69 Å². The quantitative estimate of drug-likeness (QED) is 0.764. The molecule has 0 spiro atoms. The number of morpholine rings is 1. The molecule has 1 aromatic carbocycles. The standard InChI is InChI=1S/C19H25N7O3/c27-18(25-7-9-29-10-8-25)13-24-6-2-3-15(12-24)19(28)21-16-4-1-5-17(11-16)26-14-20-22-23-26/h1,4-5,11,14-15H,2-3,6-10,12-13H2,(H,21,28)/t15-/m1/s1. The Bertz CT molecular complexity index is 836. The van der Waals surface area contributed by atoms with E-state index in [4.69, 9.17) is 4.74 Å². The zero-order valence-corrected chi connectivity index (χ0v) is 16.2. The van der Waals surface area contributed by atoms with Gasteiger partial charge in [0.1, 0.15) is 6.33 Å². The maximum Gasteiger partial charge on any atom is 0.236 e. The summed E-state index contributed by atoms with van der Waals surface area (Å²) in [7, 11) is 0. The predicted octanol–water partition coefficient (Wildman–Crippen LogP) is 0.172. The second-order valence-corrected chi connectivity index (χ2v) is 7.36. The molecule has 2 saturated heterocycles. The van der Waals surface area contributed by atoms with Crippen LogP contribution in [0.15, 0.2) is 30.6 Å². The van der Waals surface area contributed by atoms with E-state index in [1.54, 1.807) is 0 Å². The first-order valence-electron chi connectivity index (χ1n) is 9.91. The molecule has 2 amide bonds. The van der Waals surface area contributed by atoms with Crippen molar-refractivity contribution in [1.29, 1.82) is 0 Å². The molecule has 2 aromatic rings. The molecular formula is C19H25N7O3. The maximum absolute atomic E-state index is 12.8. The highest BCUT2D eigenvalue weighted by Gasteiger charge is 2.28. The molecule has 0 bridgehead atoms. The molecule has 10 nitrogen and oxygen atoms in total. The Morgan fingerprint density at radius 3 is 2.86 bits per heavy atom. The van der Waals surface area contributed by atoms with Crippen molar-refractivity contribution in [3.63, 3.8) is 0 Å². The van der Waals surface area contributed by atoms with Crippen molar-refractivity contribution >= 4 is 17.5 Å². The van der Waals surface area contributed by atoms with Crippen LogP contribution in [0.1, 0.15) is 12.8 Å². The average Bonchev–Trinajstić information content (AvgIpc) is 3.30. The normalized spacial score (nSPS) is 20.4. The first-order valence-corrected chi connectivity index (χ1v) is 9.91. The molecule has 1 atom stereocenters. The summed E-state index contributed by atoms with van der Waals surface area (Å²) in [5, 5.41) is 14.1. The number of ether oxygens (including phenoxy) is 1. The van der Waals surface area contributed by atoms with E-state index in [0.29, 0.717) is 45.1 Å². The fraction of sp³-hybridized carbons (Fsp3) is 0.526. The minimum atomic E-state index is -0.141. The molecule has 3 heterocycles. The van der Waals surface area contributed by atoms with Crippen LogP contribution < -0.4 is 5.32 Å². The molecule has 29 heavy (non-hydrogen) atoms. The summed E-state index contributed by atoms with van der Waals surface area (Å²) in [6.07, 6.45) is 3.23. The van der Waals surface area contributed by atoms with Crippen molar-refractivity contribution in [1.82, 2.24) is 30.0 Å². The van der Waals surface area contributed by atoms with Crippen LogP contribution in [-0.2, 0) is 14.3 Å². The Morgan fingerprint density at radius 1 is 1.21 bits per heavy atom. The Labute approximate surface area is 168 Å². The fourth-order valence-electron chi connectivity index (χ4n) is 3.77. The van der Waals surface area contributed by atoms with E-state index in [-0.39, 0.29) is 17.7 Å². The molecule has 1 aromatic heterocycles. The second-order valence-electron chi connectivity index (χ2n) is 7.36. The minimum absolute atomic E-state index is 0.0256. The lowest BCUT2D eigenvalue weighted by molar-refractivity contribution is -0.137. The van der Waals surface area contributed by atoms with Gasteiger partial charge < -0.3 is 15.0 Å². The Morgan fingerprint density at radius 2 is 2.07 bits per heavy atom. The van der Waals surface area contributed by atoms with Crippen LogP contribution in [0.4, 0.5) is 5.69 Å². The van der Waals surface area contributed by atoms with E-state index in [9.17, 15) is 9.59 Å². The molecule has 0 aliphatic carbocycles. The van der Waals surface area contributed by atoms with E-state index in [0.717, 1.165) is 25.1 Å². The molecule has 2 aliphatic rings. The van der Waals surface area contributed by atoms with Crippen LogP contribution in [0.2, 0.25) is 0 Å². The van der Waals surface area contributed by atoms with E-state index in [1.165, 1.54) is 11.0 Å². The maximum atomic E-state index is 12.8. The molecular weight excluding hydrogens is 374 g/mol. The van der Waals surface area contributed by atoms with Crippen LogP contribution in [0.25, 0.3) is 5.69 Å². The molecule has 4 rings (SSSR count). The predicted molar refractivity (Wildman–Crippen MR) is 104 cm³/mol. The van der Waals surface area contributed by atoms with Crippen LogP contribution in [0.3, 0.4) is 0 Å². The molecule has 0 saturated carbocycles. The number of likely N-dealkylation sites (tertiary alicyclic amines) is 1. The summed E-state index contributed by atoms with van der Waals surface area (Å²) in [6, 6.07) is 7.39. The number of nitrogens with one attached hydrogen (secondary N) is 1. The van der Waals surface area contributed by atoms with Gasteiger partial charge in [-0.25, -0.2) is 4.68 Å². The van der Waals surface area contributed by atoms with E-state index < -0.39 is 0 Å². The monoisotopic (exact) mass is 399 g/mol. The lowest BCUT2D eigenvalue weighted by Crippen LogP contribution is -2.49. The molecule has 0 unspecified atom stereocenters. The van der Waals surface area contributed by atoms with Crippen LogP contribution in [0.5, 0.6) is 0 Å². The number of benzene rings is 1. The van der Waals surface area contributed by atoms with Gasteiger partial charge in [-0.2, -0.15) is 0 Å². The van der Waals surface area contributed by atoms with Crippen molar-refractivity contribution in [2.45, 2.75) is 12.8 Å². The molecule has 1 N–H and O–H groups in total. The Kier molecular flexibility index (Phi) is 6.11. The van der Waals surface area contributed by atoms with Crippen LogP contribution in [0, 0.1) is 5.92 Å². The number of hydrogen-bond donors (Lipinski definition) is 1. The van der Waals surface area contributed by atoms with E-state index >= 15 is 0 Å². The van der Waals surface area contributed by atoms with Crippen molar-refractivity contribution in [2.24, 2.45) is 5.92 Å². The van der Waals surface area contributed by atoms with Gasteiger partial charge in [-0.05, 0) is 48.0 Å². The summed E-state index contributed by atoms with van der Waals surface area (Å²) >= 11 is 0. The van der Waals surface area contributed by atoms with E-state index in [1.807, 2.05) is 29.2 Å². The molecule has 0 radical (unpaired) electrons. The van der Waals surface area contributed by atoms with Crippen LogP contribution >= 0.6 is 0 Å². The number of nitrogens with zero attached hydrogens (tertiary/aromatic N) is 6. The summed E-state index contributed by atoms with van der Waals surface area (Å²) < 4.78 is 6.84. The third-order valence-electron chi connectivity index (χ3n) is 5.33. The third-order valence-corrected chi connectivity index (χ3v) is 5.33. The molecule has 2 fully saturated rings. The van der Waals surface area contributed by atoms with Gasteiger partial charge in [-0.3, -0.25) is 14.5 Å². The fourth-order valence-corrected chi connectivity index (χ4v) is 3.77. The second kappa shape index (κ2) is 9.10. The highest BCUT2D eigenvalue weighted by Crippen LogP contribution is 2.20. The Hall–Kier alpha value is -2.85.